The number of nitriles is 1. The quantitative estimate of drug-likeness (QED) is 0.834. The summed E-state index contributed by atoms with van der Waals surface area (Å²) in [6, 6.07) is 2.09. The fourth-order valence-electron chi connectivity index (χ4n) is 1.83. The van der Waals surface area contributed by atoms with E-state index in [4.69, 9.17) is 5.26 Å². The van der Waals surface area contributed by atoms with Crippen molar-refractivity contribution < 1.29 is 4.79 Å². The summed E-state index contributed by atoms with van der Waals surface area (Å²) in [5.74, 6) is 1.03. The predicted octanol–water partition coefficient (Wildman–Crippen LogP) is 2.31. The molecule has 1 aliphatic rings. The van der Waals surface area contributed by atoms with E-state index in [2.05, 4.69) is 32.0 Å². The summed E-state index contributed by atoms with van der Waals surface area (Å²) in [6.07, 6.45) is 4.27. The zero-order valence-electron chi connectivity index (χ0n) is 10.8. The van der Waals surface area contributed by atoms with Gasteiger partial charge in [-0.2, -0.15) is 5.26 Å². The molecule has 0 atom stereocenters. The van der Waals surface area contributed by atoms with Gasteiger partial charge < -0.3 is 4.90 Å². The van der Waals surface area contributed by atoms with Crippen LogP contribution >= 0.6 is 15.9 Å². The van der Waals surface area contributed by atoms with Crippen LogP contribution in [0.4, 0.5) is 0 Å². The molecule has 1 aliphatic carbocycles. The van der Waals surface area contributed by atoms with Gasteiger partial charge in [-0.15, -0.1) is 0 Å². The zero-order chi connectivity index (χ0) is 13.8. The third-order valence-electron chi connectivity index (χ3n) is 3.02. The maximum Gasteiger partial charge on any atom is 0.273 e. The highest BCUT2D eigenvalue weighted by molar-refractivity contribution is 9.10. The lowest BCUT2D eigenvalue weighted by atomic mass is 10.2. The van der Waals surface area contributed by atoms with Gasteiger partial charge in [0.05, 0.1) is 17.0 Å². The van der Waals surface area contributed by atoms with Crippen LogP contribution in [0.2, 0.25) is 0 Å². The van der Waals surface area contributed by atoms with Gasteiger partial charge in [0.15, 0.2) is 0 Å². The summed E-state index contributed by atoms with van der Waals surface area (Å²) < 4.78 is 0.598. The molecule has 1 heterocycles. The van der Waals surface area contributed by atoms with E-state index in [-0.39, 0.29) is 5.91 Å². The second kappa shape index (κ2) is 6.11. The molecule has 1 aromatic heterocycles. The van der Waals surface area contributed by atoms with E-state index in [0.717, 1.165) is 6.54 Å². The van der Waals surface area contributed by atoms with E-state index in [1.165, 1.54) is 12.8 Å². The molecule has 0 bridgehead atoms. The molecule has 0 spiro atoms. The van der Waals surface area contributed by atoms with Gasteiger partial charge in [0.2, 0.25) is 0 Å². The van der Waals surface area contributed by atoms with Crippen LogP contribution < -0.4 is 0 Å². The van der Waals surface area contributed by atoms with Gasteiger partial charge in [-0.05, 0) is 41.6 Å². The molecule has 1 saturated carbocycles. The molecule has 5 nitrogen and oxygen atoms in total. The zero-order valence-corrected chi connectivity index (χ0v) is 12.4. The maximum atomic E-state index is 12.5. The first kappa shape index (κ1) is 13.9. The second-order valence-corrected chi connectivity index (χ2v) is 5.57. The van der Waals surface area contributed by atoms with Crippen molar-refractivity contribution >= 4 is 21.8 Å². The van der Waals surface area contributed by atoms with Gasteiger partial charge in [0.25, 0.3) is 5.91 Å². The SMILES string of the molecule is Cc1ncc(Br)c(C(=O)N(CCC#N)CC2CC2)n1. The molecule has 6 heteroatoms. The first-order valence-electron chi connectivity index (χ1n) is 6.27. The minimum Gasteiger partial charge on any atom is -0.336 e. The predicted molar refractivity (Wildman–Crippen MR) is 73.3 cm³/mol. The standard InChI is InChI=1S/C13H15BrN4O/c1-9-16-7-11(14)12(17-9)13(19)18(6-2-5-15)8-10-3-4-10/h7,10H,2-4,6,8H2,1H3. The van der Waals surface area contributed by atoms with E-state index >= 15 is 0 Å². The van der Waals surface area contributed by atoms with E-state index in [1.807, 2.05) is 0 Å². The number of amides is 1. The normalized spacial score (nSPS) is 13.9. The Morgan fingerprint density at radius 3 is 3.00 bits per heavy atom. The van der Waals surface area contributed by atoms with Crippen molar-refractivity contribution in [1.82, 2.24) is 14.9 Å². The number of hydrogen-bond acceptors (Lipinski definition) is 4. The van der Waals surface area contributed by atoms with Crippen LogP contribution in [0.3, 0.4) is 0 Å². The van der Waals surface area contributed by atoms with Crippen molar-refractivity contribution in [2.45, 2.75) is 26.2 Å². The van der Waals surface area contributed by atoms with Gasteiger partial charge in [0, 0.05) is 19.3 Å². The Hall–Kier alpha value is -1.48. The Morgan fingerprint density at radius 1 is 1.63 bits per heavy atom. The lowest BCUT2D eigenvalue weighted by molar-refractivity contribution is 0.0744. The van der Waals surface area contributed by atoms with Gasteiger partial charge >= 0.3 is 0 Å². The van der Waals surface area contributed by atoms with Crippen LogP contribution in [0.25, 0.3) is 0 Å². The van der Waals surface area contributed by atoms with Crippen molar-refractivity contribution in [3.8, 4) is 6.07 Å². The Labute approximate surface area is 120 Å². The number of aromatic nitrogens is 2. The Balaban J connectivity index is 2.16. The highest BCUT2D eigenvalue weighted by Gasteiger charge is 2.28. The van der Waals surface area contributed by atoms with Crippen molar-refractivity contribution in [1.29, 1.82) is 5.26 Å². The summed E-state index contributed by atoms with van der Waals surface area (Å²) in [7, 11) is 0. The average molecular weight is 323 g/mol. The molecule has 2 rings (SSSR count). The Kier molecular flexibility index (Phi) is 4.48. The number of carbonyl (C=O) groups excluding carboxylic acids is 1. The van der Waals surface area contributed by atoms with Crippen molar-refractivity contribution in [2.24, 2.45) is 5.92 Å². The molecule has 1 amide bonds. The van der Waals surface area contributed by atoms with Crippen LogP contribution in [-0.4, -0.2) is 33.9 Å². The Morgan fingerprint density at radius 2 is 2.37 bits per heavy atom. The summed E-state index contributed by atoms with van der Waals surface area (Å²) in [4.78, 5) is 22.4. The molecule has 0 radical (unpaired) electrons. The fraction of sp³-hybridized carbons (Fsp3) is 0.538. The summed E-state index contributed by atoms with van der Waals surface area (Å²) in [6.45, 7) is 2.93. The molecule has 0 unspecified atom stereocenters. The minimum absolute atomic E-state index is 0.125. The van der Waals surface area contributed by atoms with Gasteiger partial charge in [-0.25, -0.2) is 9.97 Å². The van der Waals surface area contributed by atoms with Crippen LogP contribution in [0.5, 0.6) is 0 Å². The van der Waals surface area contributed by atoms with Crippen LogP contribution in [-0.2, 0) is 0 Å². The fourth-order valence-corrected chi connectivity index (χ4v) is 2.19. The van der Waals surface area contributed by atoms with Crippen molar-refractivity contribution in [2.75, 3.05) is 13.1 Å². The third-order valence-corrected chi connectivity index (χ3v) is 3.60. The number of nitrogens with zero attached hydrogens (tertiary/aromatic N) is 4. The molecule has 1 fully saturated rings. The largest absolute Gasteiger partial charge is 0.336 e. The average Bonchev–Trinajstić information content (AvgIpc) is 3.20. The van der Waals surface area contributed by atoms with E-state index < -0.39 is 0 Å². The third kappa shape index (κ3) is 3.74. The molecule has 0 N–H and O–H groups in total. The molecule has 100 valence electrons. The number of halogens is 1. The molecular weight excluding hydrogens is 308 g/mol. The molecule has 1 aromatic rings. The van der Waals surface area contributed by atoms with E-state index in [9.17, 15) is 4.79 Å². The van der Waals surface area contributed by atoms with E-state index in [1.54, 1.807) is 18.0 Å². The molecule has 0 saturated heterocycles. The summed E-state index contributed by atoms with van der Waals surface area (Å²) in [5.41, 5.74) is 0.381. The summed E-state index contributed by atoms with van der Waals surface area (Å²) >= 11 is 3.31. The lowest BCUT2D eigenvalue weighted by Crippen LogP contribution is -2.34. The number of aryl methyl sites for hydroxylation is 1. The van der Waals surface area contributed by atoms with Crippen LogP contribution in [0, 0.1) is 24.2 Å². The van der Waals surface area contributed by atoms with Crippen LogP contribution in [0.1, 0.15) is 35.6 Å². The second-order valence-electron chi connectivity index (χ2n) is 4.72. The number of hydrogen-bond donors (Lipinski definition) is 0. The van der Waals surface area contributed by atoms with Gasteiger partial charge in [0.1, 0.15) is 11.5 Å². The van der Waals surface area contributed by atoms with Crippen LogP contribution in [0.15, 0.2) is 10.7 Å². The molecule has 0 aromatic carbocycles. The lowest BCUT2D eigenvalue weighted by Gasteiger charge is -2.21. The number of rotatable bonds is 5. The van der Waals surface area contributed by atoms with Gasteiger partial charge in [-0.3, -0.25) is 4.79 Å². The first-order chi connectivity index (χ1) is 9.11. The summed E-state index contributed by atoms with van der Waals surface area (Å²) in [5, 5.41) is 8.69. The topological polar surface area (TPSA) is 69.9 Å². The molecular formula is C13H15BrN4O. The maximum absolute atomic E-state index is 12.5. The van der Waals surface area contributed by atoms with E-state index in [0.29, 0.717) is 34.9 Å². The Bertz CT molecular complexity index is 522. The monoisotopic (exact) mass is 322 g/mol. The molecule has 0 aliphatic heterocycles. The number of carbonyl (C=O) groups is 1. The molecule has 19 heavy (non-hydrogen) atoms. The van der Waals surface area contributed by atoms with Crippen molar-refractivity contribution in [3.05, 3.63) is 22.2 Å². The van der Waals surface area contributed by atoms with Gasteiger partial charge in [-0.1, -0.05) is 0 Å². The smallest absolute Gasteiger partial charge is 0.273 e. The van der Waals surface area contributed by atoms with Crippen molar-refractivity contribution in [3.63, 3.8) is 0 Å². The highest BCUT2D eigenvalue weighted by Crippen LogP contribution is 2.30. The first-order valence-corrected chi connectivity index (χ1v) is 7.06. The highest BCUT2D eigenvalue weighted by atomic mass is 79.9. The minimum atomic E-state index is -0.125.